The smallest absolute Gasteiger partial charge is 0.276 e. The largest absolute Gasteiger partial charge is 0.489 e. The maximum Gasteiger partial charge on any atom is 0.276 e. The van der Waals surface area contributed by atoms with Crippen molar-refractivity contribution < 1.29 is 14.6 Å². The first-order valence-electron chi connectivity index (χ1n) is 8.78. The molecule has 0 radical (unpaired) electrons. The first kappa shape index (κ1) is 17.5. The van der Waals surface area contributed by atoms with Gasteiger partial charge in [-0.2, -0.15) is 5.10 Å². The number of ether oxygens (including phenoxy) is 1. The number of carbonyl (C=O) groups is 1. The average molecular weight is 343 g/mol. The number of benzene rings is 1. The summed E-state index contributed by atoms with van der Waals surface area (Å²) in [4.78, 5) is 12.8. The second-order valence-corrected chi connectivity index (χ2v) is 6.77. The van der Waals surface area contributed by atoms with E-state index in [1.807, 2.05) is 44.2 Å². The van der Waals surface area contributed by atoms with Gasteiger partial charge < -0.3 is 15.2 Å². The Morgan fingerprint density at radius 3 is 2.72 bits per heavy atom. The zero-order chi connectivity index (χ0) is 17.9. The lowest BCUT2D eigenvalue weighted by molar-refractivity contribution is 0.0815. The summed E-state index contributed by atoms with van der Waals surface area (Å²) in [6, 6.07) is 9.59. The van der Waals surface area contributed by atoms with E-state index in [4.69, 9.17) is 4.74 Å². The van der Waals surface area contributed by atoms with E-state index in [0.29, 0.717) is 18.3 Å². The lowest BCUT2D eigenvalue weighted by Gasteiger charge is -2.28. The van der Waals surface area contributed by atoms with Crippen molar-refractivity contribution in [2.75, 3.05) is 13.2 Å². The third-order valence-corrected chi connectivity index (χ3v) is 4.58. The van der Waals surface area contributed by atoms with Crippen molar-refractivity contribution in [3.8, 4) is 11.4 Å². The van der Waals surface area contributed by atoms with E-state index >= 15 is 0 Å². The SMILES string of the molecule is CCCOc1cn(-c2ccccc2)nc1C(=O)NC(C)(CO)C1CC1. The van der Waals surface area contributed by atoms with Gasteiger partial charge in [0.15, 0.2) is 11.4 Å². The van der Waals surface area contributed by atoms with Crippen LogP contribution in [0.1, 0.15) is 43.6 Å². The summed E-state index contributed by atoms with van der Waals surface area (Å²) in [5.41, 5.74) is 0.489. The highest BCUT2D eigenvalue weighted by molar-refractivity contribution is 5.95. The summed E-state index contributed by atoms with van der Waals surface area (Å²) in [7, 11) is 0. The number of amides is 1. The van der Waals surface area contributed by atoms with Gasteiger partial charge in [-0.25, -0.2) is 4.68 Å². The summed E-state index contributed by atoms with van der Waals surface area (Å²) < 4.78 is 7.37. The Balaban J connectivity index is 1.87. The molecule has 3 rings (SSSR count). The molecule has 1 saturated carbocycles. The summed E-state index contributed by atoms with van der Waals surface area (Å²) in [5, 5.41) is 17.1. The molecule has 1 aliphatic rings. The predicted molar refractivity (Wildman–Crippen MR) is 95.0 cm³/mol. The Morgan fingerprint density at radius 2 is 2.12 bits per heavy atom. The van der Waals surface area contributed by atoms with Crippen LogP contribution in [0.4, 0.5) is 0 Å². The number of aliphatic hydroxyl groups excluding tert-OH is 1. The molecular weight excluding hydrogens is 318 g/mol. The van der Waals surface area contributed by atoms with Gasteiger partial charge in [-0.05, 0) is 44.2 Å². The van der Waals surface area contributed by atoms with Crippen LogP contribution in [0.2, 0.25) is 0 Å². The molecule has 0 bridgehead atoms. The third kappa shape index (κ3) is 3.85. The monoisotopic (exact) mass is 343 g/mol. The molecule has 0 spiro atoms. The van der Waals surface area contributed by atoms with Crippen LogP contribution < -0.4 is 10.1 Å². The van der Waals surface area contributed by atoms with E-state index in [1.54, 1.807) is 10.9 Å². The number of hydrogen-bond acceptors (Lipinski definition) is 4. The molecule has 1 atom stereocenters. The minimum atomic E-state index is -0.615. The fraction of sp³-hybridized carbons (Fsp3) is 0.474. The maximum atomic E-state index is 12.8. The molecule has 2 N–H and O–H groups in total. The molecule has 1 fully saturated rings. The number of para-hydroxylation sites is 1. The van der Waals surface area contributed by atoms with Crippen LogP contribution in [-0.4, -0.2) is 39.5 Å². The van der Waals surface area contributed by atoms with Gasteiger partial charge in [0.05, 0.1) is 30.6 Å². The van der Waals surface area contributed by atoms with Crippen molar-refractivity contribution in [1.29, 1.82) is 0 Å². The summed E-state index contributed by atoms with van der Waals surface area (Å²) in [6.07, 6.45) is 4.62. The van der Waals surface area contributed by atoms with Gasteiger partial charge in [0.1, 0.15) is 0 Å². The molecule has 1 aromatic carbocycles. The van der Waals surface area contributed by atoms with Crippen molar-refractivity contribution in [3.63, 3.8) is 0 Å². The number of aliphatic hydroxyl groups is 1. The second kappa shape index (κ2) is 7.27. The standard InChI is InChI=1S/C19H25N3O3/c1-3-11-25-16-12-22(15-7-5-4-6-8-15)21-17(16)18(24)20-19(2,13-23)14-9-10-14/h4-8,12,14,23H,3,9-11,13H2,1-2H3,(H,20,24). The van der Waals surface area contributed by atoms with Crippen molar-refractivity contribution in [2.24, 2.45) is 5.92 Å². The molecule has 0 saturated heterocycles. The maximum absolute atomic E-state index is 12.8. The molecule has 1 unspecified atom stereocenters. The summed E-state index contributed by atoms with van der Waals surface area (Å²) >= 11 is 0. The lowest BCUT2D eigenvalue weighted by Crippen LogP contribution is -2.51. The van der Waals surface area contributed by atoms with Crippen LogP contribution in [-0.2, 0) is 0 Å². The molecule has 1 aliphatic carbocycles. The number of aromatic nitrogens is 2. The zero-order valence-electron chi connectivity index (χ0n) is 14.7. The van der Waals surface area contributed by atoms with Crippen LogP contribution in [0.5, 0.6) is 5.75 Å². The van der Waals surface area contributed by atoms with Gasteiger partial charge in [-0.3, -0.25) is 4.79 Å². The predicted octanol–water partition coefficient (Wildman–Crippen LogP) is 2.55. The Bertz CT molecular complexity index is 725. The van der Waals surface area contributed by atoms with Gasteiger partial charge in [-0.1, -0.05) is 25.1 Å². The Hall–Kier alpha value is -2.34. The van der Waals surface area contributed by atoms with Crippen LogP contribution in [0.25, 0.3) is 5.69 Å². The quantitative estimate of drug-likeness (QED) is 0.772. The molecule has 25 heavy (non-hydrogen) atoms. The minimum absolute atomic E-state index is 0.0893. The fourth-order valence-corrected chi connectivity index (χ4v) is 2.86. The average Bonchev–Trinajstić information content (AvgIpc) is 3.41. The first-order valence-corrected chi connectivity index (χ1v) is 8.78. The summed E-state index contributed by atoms with van der Waals surface area (Å²) in [5.74, 6) is 0.459. The van der Waals surface area contributed by atoms with E-state index in [0.717, 1.165) is 24.9 Å². The second-order valence-electron chi connectivity index (χ2n) is 6.77. The number of nitrogens with zero attached hydrogens (tertiary/aromatic N) is 2. The van der Waals surface area contributed by atoms with Crippen molar-refractivity contribution in [1.82, 2.24) is 15.1 Å². The molecule has 0 aliphatic heterocycles. The van der Waals surface area contributed by atoms with Crippen LogP contribution in [0.15, 0.2) is 36.5 Å². The molecule has 2 aromatic rings. The van der Waals surface area contributed by atoms with E-state index in [-0.39, 0.29) is 18.2 Å². The summed E-state index contributed by atoms with van der Waals surface area (Å²) in [6.45, 7) is 4.31. The van der Waals surface area contributed by atoms with E-state index in [9.17, 15) is 9.90 Å². The minimum Gasteiger partial charge on any atom is -0.489 e. The van der Waals surface area contributed by atoms with Crippen LogP contribution in [0.3, 0.4) is 0 Å². The van der Waals surface area contributed by atoms with Gasteiger partial charge in [-0.15, -0.1) is 0 Å². The number of rotatable bonds is 8. The molecule has 134 valence electrons. The molecular formula is C19H25N3O3. The highest BCUT2D eigenvalue weighted by Crippen LogP contribution is 2.39. The van der Waals surface area contributed by atoms with Crippen molar-refractivity contribution >= 4 is 5.91 Å². The Kier molecular flexibility index (Phi) is 5.08. The molecule has 1 heterocycles. The molecule has 6 heteroatoms. The first-order chi connectivity index (χ1) is 12.1. The molecule has 1 amide bonds. The lowest BCUT2D eigenvalue weighted by atomic mass is 9.97. The third-order valence-electron chi connectivity index (χ3n) is 4.58. The van der Waals surface area contributed by atoms with Gasteiger partial charge in [0, 0.05) is 0 Å². The fourth-order valence-electron chi connectivity index (χ4n) is 2.86. The van der Waals surface area contributed by atoms with E-state index in [1.165, 1.54) is 0 Å². The zero-order valence-corrected chi connectivity index (χ0v) is 14.7. The van der Waals surface area contributed by atoms with E-state index < -0.39 is 5.54 Å². The van der Waals surface area contributed by atoms with Gasteiger partial charge in [0.25, 0.3) is 5.91 Å². The van der Waals surface area contributed by atoms with Crippen LogP contribution in [0, 0.1) is 5.92 Å². The topological polar surface area (TPSA) is 76.4 Å². The van der Waals surface area contributed by atoms with Crippen molar-refractivity contribution in [2.45, 2.75) is 38.6 Å². The van der Waals surface area contributed by atoms with Crippen LogP contribution >= 0.6 is 0 Å². The normalized spacial score (nSPS) is 16.3. The van der Waals surface area contributed by atoms with E-state index in [2.05, 4.69) is 10.4 Å². The number of hydrogen-bond donors (Lipinski definition) is 2. The number of nitrogens with one attached hydrogen (secondary N) is 1. The highest BCUT2D eigenvalue weighted by atomic mass is 16.5. The van der Waals surface area contributed by atoms with Gasteiger partial charge in [0.2, 0.25) is 0 Å². The Labute approximate surface area is 147 Å². The van der Waals surface area contributed by atoms with Gasteiger partial charge >= 0.3 is 0 Å². The van der Waals surface area contributed by atoms with Crippen molar-refractivity contribution in [3.05, 3.63) is 42.2 Å². The number of carbonyl (C=O) groups excluding carboxylic acids is 1. The molecule has 6 nitrogen and oxygen atoms in total. The highest BCUT2D eigenvalue weighted by Gasteiger charge is 2.42. The Morgan fingerprint density at radius 1 is 1.40 bits per heavy atom. The molecule has 1 aromatic heterocycles.